The summed E-state index contributed by atoms with van der Waals surface area (Å²) in [7, 11) is 0. The number of amides is 2. The van der Waals surface area contributed by atoms with E-state index in [4.69, 9.17) is 9.63 Å². The smallest absolute Gasteiger partial charge is 0.318 e. The number of rotatable bonds is 7. The van der Waals surface area contributed by atoms with E-state index in [1.807, 2.05) is 37.3 Å². The molecule has 0 fully saturated rings. The van der Waals surface area contributed by atoms with Crippen LogP contribution in [-0.4, -0.2) is 45.9 Å². The van der Waals surface area contributed by atoms with E-state index in [1.165, 1.54) is 4.90 Å². The van der Waals surface area contributed by atoms with Gasteiger partial charge in [0.25, 0.3) is 0 Å². The highest BCUT2D eigenvalue weighted by molar-refractivity contribution is 5.74. The first-order valence-corrected chi connectivity index (χ1v) is 7.66. The van der Waals surface area contributed by atoms with Crippen LogP contribution < -0.4 is 5.32 Å². The summed E-state index contributed by atoms with van der Waals surface area (Å²) in [6.07, 6.45) is 0.580. The van der Waals surface area contributed by atoms with Gasteiger partial charge in [-0.25, -0.2) is 4.79 Å². The summed E-state index contributed by atoms with van der Waals surface area (Å²) in [6.45, 7) is 4.37. The number of hydrogen-bond donors (Lipinski definition) is 2. The van der Waals surface area contributed by atoms with Crippen LogP contribution in [0.1, 0.15) is 37.2 Å². The summed E-state index contributed by atoms with van der Waals surface area (Å²) < 4.78 is 5.23. The van der Waals surface area contributed by atoms with Gasteiger partial charge in [0.15, 0.2) is 5.82 Å². The molecule has 2 amide bonds. The predicted octanol–water partition coefficient (Wildman–Crippen LogP) is 1.75. The number of likely N-dealkylation sites (N-methyl/N-ethyl adjacent to an activating group) is 1. The molecule has 1 heterocycles. The Kier molecular flexibility index (Phi) is 6.10. The number of hydrogen-bond acceptors (Lipinski definition) is 5. The van der Waals surface area contributed by atoms with Crippen LogP contribution in [0.2, 0.25) is 0 Å². The summed E-state index contributed by atoms with van der Waals surface area (Å²) in [5.41, 5.74) is 1.09. The van der Waals surface area contributed by atoms with Crippen molar-refractivity contribution in [1.29, 1.82) is 0 Å². The second kappa shape index (κ2) is 8.28. The third-order valence-electron chi connectivity index (χ3n) is 3.44. The molecule has 0 radical (unpaired) electrons. The highest BCUT2D eigenvalue weighted by Gasteiger charge is 2.19. The van der Waals surface area contributed by atoms with Crippen LogP contribution >= 0.6 is 0 Å². The van der Waals surface area contributed by atoms with Gasteiger partial charge in [-0.2, -0.15) is 4.98 Å². The second-order valence-corrected chi connectivity index (χ2v) is 5.19. The van der Waals surface area contributed by atoms with Gasteiger partial charge in [0.2, 0.25) is 5.89 Å². The molecular formula is C16H22N4O3. The van der Waals surface area contributed by atoms with Gasteiger partial charge in [0, 0.05) is 19.5 Å². The van der Waals surface area contributed by atoms with E-state index in [9.17, 15) is 4.79 Å². The highest BCUT2D eigenvalue weighted by Crippen LogP contribution is 2.12. The first-order chi connectivity index (χ1) is 11.1. The van der Waals surface area contributed by atoms with Crippen LogP contribution in [0.15, 0.2) is 34.9 Å². The standard InChI is InChI=1S/C16H22N4O3/c1-3-20(9-10-21)16(22)17-12(2)15-18-14(19-23-15)11-13-7-5-4-6-8-13/h4-8,12,21H,3,9-11H2,1-2H3,(H,17,22). The average molecular weight is 318 g/mol. The van der Waals surface area contributed by atoms with E-state index in [0.717, 1.165) is 5.56 Å². The third-order valence-corrected chi connectivity index (χ3v) is 3.44. The van der Waals surface area contributed by atoms with Gasteiger partial charge in [-0.15, -0.1) is 0 Å². The van der Waals surface area contributed by atoms with E-state index >= 15 is 0 Å². The normalized spacial score (nSPS) is 12.0. The molecule has 0 spiro atoms. The maximum absolute atomic E-state index is 12.1. The summed E-state index contributed by atoms with van der Waals surface area (Å²) >= 11 is 0. The van der Waals surface area contributed by atoms with E-state index in [-0.39, 0.29) is 19.2 Å². The molecule has 0 saturated carbocycles. The number of nitrogens with one attached hydrogen (secondary N) is 1. The number of aliphatic hydroxyl groups is 1. The lowest BCUT2D eigenvalue weighted by Crippen LogP contribution is -2.42. The van der Waals surface area contributed by atoms with E-state index in [2.05, 4.69) is 15.5 Å². The lowest BCUT2D eigenvalue weighted by Gasteiger charge is -2.21. The van der Waals surface area contributed by atoms with Crippen molar-refractivity contribution in [3.63, 3.8) is 0 Å². The second-order valence-electron chi connectivity index (χ2n) is 5.19. The third kappa shape index (κ3) is 4.79. The number of aliphatic hydroxyl groups excluding tert-OH is 1. The summed E-state index contributed by atoms with van der Waals surface area (Å²) in [5.74, 6) is 0.944. The van der Waals surface area contributed by atoms with Gasteiger partial charge in [-0.1, -0.05) is 35.5 Å². The van der Waals surface area contributed by atoms with E-state index in [0.29, 0.717) is 24.7 Å². The number of carbonyl (C=O) groups excluding carboxylic acids is 1. The molecule has 0 aliphatic carbocycles. The Hall–Kier alpha value is -2.41. The van der Waals surface area contributed by atoms with Gasteiger partial charge in [-0.05, 0) is 19.4 Å². The van der Waals surface area contributed by atoms with Crippen molar-refractivity contribution >= 4 is 6.03 Å². The molecule has 23 heavy (non-hydrogen) atoms. The molecule has 1 aromatic heterocycles. The predicted molar refractivity (Wildman–Crippen MR) is 84.8 cm³/mol. The zero-order valence-electron chi connectivity index (χ0n) is 13.4. The van der Waals surface area contributed by atoms with Crippen molar-refractivity contribution < 1.29 is 14.4 Å². The molecule has 2 N–H and O–H groups in total. The lowest BCUT2D eigenvalue weighted by molar-refractivity contribution is 0.175. The average Bonchev–Trinajstić information content (AvgIpc) is 3.02. The maximum Gasteiger partial charge on any atom is 0.318 e. The van der Waals surface area contributed by atoms with Crippen molar-refractivity contribution in [2.75, 3.05) is 19.7 Å². The minimum atomic E-state index is -0.396. The zero-order chi connectivity index (χ0) is 16.7. The molecule has 1 unspecified atom stereocenters. The molecule has 0 saturated heterocycles. The number of carbonyl (C=O) groups is 1. The molecule has 0 aliphatic rings. The first kappa shape index (κ1) is 17.0. The SMILES string of the molecule is CCN(CCO)C(=O)NC(C)c1nc(Cc2ccccc2)no1. The van der Waals surface area contributed by atoms with E-state index in [1.54, 1.807) is 6.92 Å². The van der Waals surface area contributed by atoms with Gasteiger partial charge in [0.1, 0.15) is 6.04 Å². The van der Waals surface area contributed by atoms with Crippen LogP contribution in [0.3, 0.4) is 0 Å². The van der Waals surface area contributed by atoms with Gasteiger partial charge >= 0.3 is 6.03 Å². The number of nitrogens with zero attached hydrogens (tertiary/aromatic N) is 3. The Morgan fingerprint density at radius 2 is 2.13 bits per heavy atom. The maximum atomic E-state index is 12.1. The number of aromatic nitrogens is 2. The number of benzene rings is 1. The van der Waals surface area contributed by atoms with Crippen LogP contribution in [-0.2, 0) is 6.42 Å². The molecule has 2 rings (SSSR count). The molecule has 0 aliphatic heterocycles. The van der Waals surface area contributed by atoms with Crippen LogP contribution in [0, 0.1) is 0 Å². The van der Waals surface area contributed by atoms with Crippen molar-refractivity contribution in [2.45, 2.75) is 26.3 Å². The zero-order valence-corrected chi connectivity index (χ0v) is 13.4. The topological polar surface area (TPSA) is 91.5 Å². The lowest BCUT2D eigenvalue weighted by atomic mass is 10.1. The summed E-state index contributed by atoms with van der Waals surface area (Å²) in [5, 5.41) is 15.7. The monoisotopic (exact) mass is 318 g/mol. The Bertz CT molecular complexity index is 615. The van der Waals surface area contributed by atoms with Crippen molar-refractivity contribution in [1.82, 2.24) is 20.4 Å². The van der Waals surface area contributed by atoms with Crippen molar-refractivity contribution in [2.24, 2.45) is 0 Å². The van der Waals surface area contributed by atoms with Crippen LogP contribution in [0.5, 0.6) is 0 Å². The van der Waals surface area contributed by atoms with Crippen LogP contribution in [0.25, 0.3) is 0 Å². The van der Waals surface area contributed by atoms with Crippen molar-refractivity contribution in [3.05, 3.63) is 47.6 Å². The van der Waals surface area contributed by atoms with Gasteiger partial charge in [-0.3, -0.25) is 0 Å². The quantitative estimate of drug-likeness (QED) is 0.811. The van der Waals surface area contributed by atoms with Crippen LogP contribution in [0.4, 0.5) is 4.79 Å². The number of urea groups is 1. The molecule has 2 aromatic rings. The molecule has 7 nitrogen and oxygen atoms in total. The summed E-state index contributed by atoms with van der Waals surface area (Å²) in [6, 6.07) is 9.20. The Morgan fingerprint density at radius 3 is 2.78 bits per heavy atom. The minimum absolute atomic E-state index is 0.0720. The Morgan fingerprint density at radius 1 is 1.39 bits per heavy atom. The summed E-state index contributed by atoms with van der Waals surface area (Å²) in [4.78, 5) is 17.9. The molecular weight excluding hydrogens is 296 g/mol. The fraction of sp³-hybridized carbons (Fsp3) is 0.438. The minimum Gasteiger partial charge on any atom is -0.395 e. The molecule has 0 bridgehead atoms. The molecule has 1 aromatic carbocycles. The Balaban J connectivity index is 1.95. The van der Waals surface area contributed by atoms with Crippen molar-refractivity contribution in [3.8, 4) is 0 Å². The fourth-order valence-electron chi connectivity index (χ4n) is 2.16. The molecule has 124 valence electrons. The van der Waals surface area contributed by atoms with Gasteiger partial charge in [0.05, 0.1) is 6.61 Å². The largest absolute Gasteiger partial charge is 0.395 e. The molecule has 1 atom stereocenters. The van der Waals surface area contributed by atoms with E-state index < -0.39 is 6.04 Å². The Labute approximate surface area is 135 Å². The fourth-order valence-corrected chi connectivity index (χ4v) is 2.16. The molecule has 7 heteroatoms. The highest BCUT2D eigenvalue weighted by atomic mass is 16.5. The first-order valence-electron chi connectivity index (χ1n) is 7.66. The van der Waals surface area contributed by atoms with Gasteiger partial charge < -0.3 is 19.8 Å².